The first-order valence-electron chi connectivity index (χ1n) is 6.42. The highest BCUT2D eigenvalue weighted by atomic mass is 32.2. The van der Waals surface area contributed by atoms with Crippen LogP contribution in [0.25, 0.3) is 0 Å². The molecule has 0 aromatic heterocycles. The van der Waals surface area contributed by atoms with Gasteiger partial charge in [0, 0.05) is 37.2 Å². The van der Waals surface area contributed by atoms with E-state index in [4.69, 9.17) is 9.84 Å². The molecule has 1 unspecified atom stereocenters. The van der Waals surface area contributed by atoms with Gasteiger partial charge < -0.3 is 15.2 Å². The number of carbonyl (C=O) groups is 2. The maximum absolute atomic E-state index is 12.7. The van der Waals surface area contributed by atoms with Gasteiger partial charge in [0.1, 0.15) is 11.9 Å². The topological polar surface area (TPSA) is 75.6 Å². The largest absolute Gasteiger partial charge is 0.480 e. The molecular weight excluding hydrogens is 297 g/mol. The van der Waals surface area contributed by atoms with Crippen LogP contribution >= 0.6 is 11.8 Å². The number of halogens is 1. The molecule has 21 heavy (non-hydrogen) atoms. The molecule has 0 aliphatic rings. The average Bonchev–Trinajstić information content (AvgIpc) is 2.45. The van der Waals surface area contributed by atoms with Gasteiger partial charge in [-0.1, -0.05) is 0 Å². The van der Waals surface area contributed by atoms with Crippen molar-refractivity contribution in [2.24, 2.45) is 0 Å². The molecule has 0 saturated heterocycles. The zero-order chi connectivity index (χ0) is 15.7. The minimum absolute atomic E-state index is 0.193. The monoisotopic (exact) mass is 315 g/mol. The van der Waals surface area contributed by atoms with Crippen molar-refractivity contribution in [3.05, 3.63) is 30.1 Å². The molecule has 0 fully saturated rings. The normalized spacial score (nSPS) is 11.9. The molecule has 0 heterocycles. The molecule has 0 bridgehead atoms. The number of aliphatic carboxylic acids is 1. The van der Waals surface area contributed by atoms with Crippen LogP contribution in [0.15, 0.2) is 29.2 Å². The lowest BCUT2D eigenvalue weighted by molar-refractivity contribution is -0.142. The van der Waals surface area contributed by atoms with E-state index in [0.29, 0.717) is 5.75 Å². The molecule has 0 saturated carbocycles. The Labute approximate surface area is 126 Å². The van der Waals surface area contributed by atoms with E-state index < -0.39 is 12.0 Å². The summed E-state index contributed by atoms with van der Waals surface area (Å²) >= 11 is 1.41. The first-order valence-corrected chi connectivity index (χ1v) is 7.41. The highest BCUT2D eigenvalue weighted by Crippen LogP contribution is 2.18. The molecular formula is C14H18FNO4S. The number of carboxylic acid groups (broad SMARTS) is 1. The molecule has 1 atom stereocenters. The van der Waals surface area contributed by atoms with E-state index >= 15 is 0 Å². The Kier molecular flexibility index (Phi) is 7.78. The molecule has 7 heteroatoms. The van der Waals surface area contributed by atoms with E-state index in [1.807, 2.05) is 0 Å². The second-order valence-electron chi connectivity index (χ2n) is 4.29. The molecule has 0 aliphatic carbocycles. The molecule has 0 aliphatic heterocycles. The highest BCUT2D eigenvalue weighted by molar-refractivity contribution is 7.99. The van der Waals surface area contributed by atoms with Crippen LogP contribution in [0.4, 0.5) is 4.39 Å². The lowest BCUT2D eigenvalue weighted by Gasteiger charge is -2.13. The zero-order valence-corrected chi connectivity index (χ0v) is 12.5. The summed E-state index contributed by atoms with van der Waals surface area (Å²) in [4.78, 5) is 23.5. The highest BCUT2D eigenvalue weighted by Gasteiger charge is 2.19. The van der Waals surface area contributed by atoms with Crippen molar-refractivity contribution < 1.29 is 23.8 Å². The van der Waals surface area contributed by atoms with Gasteiger partial charge in [-0.15, -0.1) is 11.8 Å². The van der Waals surface area contributed by atoms with Crippen LogP contribution in [-0.2, 0) is 14.3 Å². The Morgan fingerprint density at radius 2 is 2.05 bits per heavy atom. The fraction of sp³-hybridized carbons (Fsp3) is 0.429. The average molecular weight is 315 g/mol. The number of carbonyl (C=O) groups excluding carboxylic acids is 1. The summed E-state index contributed by atoms with van der Waals surface area (Å²) in [5, 5.41) is 11.4. The van der Waals surface area contributed by atoms with Gasteiger partial charge in [-0.2, -0.15) is 0 Å². The number of hydrogen-bond acceptors (Lipinski definition) is 4. The summed E-state index contributed by atoms with van der Waals surface area (Å²) in [6.45, 7) is 0.265. The molecule has 1 rings (SSSR count). The number of thioether (sulfide) groups is 1. The lowest BCUT2D eigenvalue weighted by Crippen LogP contribution is -2.41. The SMILES string of the molecule is COCCC(NC(=O)CCSc1ccc(F)cc1)C(=O)O. The van der Waals surface area contributed by atoms with Crippen molar-refractivity contribution in [3.8, 4) is 0 Å². The Bertz CT molecular complexity index is 467. The van der Waals surface area contributed by atoms with Crippen molar-refractivity contribution in [2.75, 3.05) is 19.5 Å². The summed E-state index contributed by atoms with van der Waals surface area (Å²) in [5.41, 5.74) is 0. The van der Waals surface area contributed by atoms with Crippen LogP contribution in [0.5, 0.6) is 0 Å². The van der Waals surface area contributed by atoms with E-state index in [1.54, 1.807) is 12.1 Å². The fourth-order valence-electron chi connectivity index (χ4n) is 1.55. The van der Waals surface area contributed by atoms with Crippen LogP contribution in [0.2, 0.25) is 0 Å². The number of hydrogen-bond donors (Lipinski definition) is 2. The smallest absolute Gasteiger partial charge is 0.326 e. The van der Waals surface area contributed by atoms with E-state index in [1.165, 1.54) is 31.0 Å². The summed E-state index contributed by atoms with van der Waals surface area (Å²) in [7, 11) is 1.47. The summed E-state index contributed by atoms with van der Waals surface area (Å²) in [6.07, 6.45) is 0.418. The van der Waals surface area contributed by atoms with E-state index in [0.717, 1.165) is 4.90 Å². The predicted octanol–water partition coefficient (Wildman–Crippen LogP) is 1.91. The molecule has 0 radical (unpaired) electrons. The van der Waals surface area contributed by atoms with Gasteiger partial charge >= 0.3 is 5.97 Å². The zero-order valence-electron chi connectivity index (χ0n) is 11.7. The second-order valence-corrected chi connectivity index (χ2v) is 5.46. The van der Waals surface area contributed by atoms with Crippen molar-refractivity contribution in [1.29, 1.82) is 0 Å². The Balaban J connectivity index is 2.32. The number of methoxy groups -OCH3 is 1. The van der Waals surface area contributed by atoms with Gasteiger partial charge in [-0.25, -0.2) is 9.18 Å². The summed E-state index contributed by atoms with van der Waals surface area (Å²) in [6, 6.07) is 5.04. The van der Waals surface area contributed by atoms with Crippen LogP contribution in [0.3, 0.4) is 0 Å². The van der Waals surface area contributed by atoms with Crippen molar-refractivity contribution >= 4 is 23.6 Å². The van der Waals surface area contributed by atoms with Gasteiger partial charge in [-0.3, -0.25) is 4.79 Å². The third-order valence-electron chi connectivity index (χ3n) is 2.66. The number of carboxylic acids is 1. The Hall–Kier alpha value is -1.60. The third kappa shape index (κ3) is 7.10. The number of nitrogens with one attached hydrogen (secondary N) is 1. The predicted molar refractivity (Wildman–Crippen MR) is 77.8 cm³/mol. The first kappa shape index (κ1) is 17.5. The van der Waals surface area contributed by atoms with Crippen molar-refractivity contribution in [3.63, 3.8) is 0 Å². The molecule has 5 nitrogen and oxygen atoms in total. The van der Waals surface area contributed by atoms with Crippen LogP contribution in [0, 0.1) is 5.82 Å². The van der Waals surface area contributed by atoms with Gasteiger partial charge in [0.15, 0.2) is 0 Å². The molecule has 2 N–H and O–H groups in total. The van der Waals surface area contributed by atoms with E-state index in [9.17, 15) is 14.0 Å². The number of rotatable bonds is 9. The Morgan fingerprint density at radius 1 is 1.38 bits per heavy atom. The number of benzene rings is 1. The standard InChI is InChI=1S/C14H18FNO4S/c1-20-8-6-12(14(18)19)16-13(17)7-9-21-11-4-2-10(15)3-5-11/h2-5,12H,6-9H2,1H3,(H,16,17)(H,18,19). The van der Waals surface area contributed by atoms with Gasteiger partial charge in [0.05, 0.1) is 0 Å². The maximum atomic E-state index is 12.7. The number of ether oxygens (including phenoxy) is 1. The van der Waals surface area contributed by atoms with Gasteiger partial charge in [0.25, 0.3) is 0 Å². The first-order chi connectivity index (χ1) is 10.0. The molecule has 1 aromatic rings. The molecule has 1 aromatic carbocycles. The minimum Gasteiger partial charge on any atom is -0.480 e. The van der Waals surface area contributed by atoms with Crippen LogP contribution in [-0.4, -0.2) is 42.5 Å². The lowest BCUT2D eigenvalue weighted by atomic mass is 10.2. The van der Waals surface area contributed by atoms with Crippen molar-refractivity contribution in [1.82, 2.24) is 5.32 Å². The minimum atomic E-state index is -1.08. The Morgan fingerprint density at radius 3 is 2.62 bits per heavy atom. The molecule has 1 amide bonds. The fourth-order valence-corrected chi connectivity index (χ4v) is 2.40. The summed E-state index contributed by atoms with van der Waals surface area (Å²) in [5.74, 6) is -1.21. The quantitative estimate of drug-likeness (QED) is 0.681. The molecule has 116 valence electrons. The van der Waals surface area contributed by atoms with E-state index in [-0.39, 0.29) is 31.2 Å². The number of amides is 1. The van der Waals surface area contributed by atoms with E-state index in [2.05, 4.69) is 5.32 Å². The van der Waals surface area contributed by atoms with Gasteiger partial charge in [0.2, 0.25) is 5.91 Å². The van der Waals surface area contributed by atoms with Crippen molar-refractivity contribution in [2.45, 2.75) is 23.8 Å². The van der Waals surface area contributed by atoms with Gasteiger partial charge in [-0.05, 0) is 24.3 Å². The van der Waals surface area contributed by atoms with Crippen LogP contribution < -0.4 is 5.32 Å². The summed E-state index contributed by atoms with van der Waals surface area (Å²) < 4.78 is 17.5. The third-order valence-corrected chi connectivity index (χ3v) is 3.67. The second kappa shape index (κ2) is 9.36. The van der Waals surface area contributed by atoms with Crippen LogP contribution in [0.1, 0.15) is 12.8 Å². The molecule has 0 spiro atoms. The maximum Gasteiger partial charge on any atom is 0.326 e.